The van der Waals surface area contributed by atoms with Crippen LogP contribution in [0.4, 0.5) is 4.39 Å². The molecule has 0 bridgehead atoms. The fourth-order valence-electron chi connectivity index (χ4n) is 2.55. The lowest BCUT2D eigenvalue weighted by Gasteiger charge is -1.96. The zero-order valence-electron chi connectivity index (χ0n) is 13.8. The quantitative estimate of drug-likeness (QED) is 0.422. The summed E-state index contributed by atoms with van der Waals surface area (Å²) in [5.74, 6) is -0.236. The zero-order chi connectivity index (χ0) is 17.4. The Morgan fingerprint density at radius 3 is 2.20 bits per heavy atom. The van der Waals surface area contributed by atoms with Gasteiger partial charge in [-0.05, 0) is 38.1 Å². The molecule has 0 aliphatic rings. The van der Waals surface area contributed by atoms with E-state index in [0.29, 0.717) is 0 Å². The molecule has 2 nitrogen and oxygen atoms in total. The summed E-state index contributed by atoms with van der Waals surface area (Å²) in [6, 6.07) is 14.8. The average molecular weight is 366 g/mol. The minimum absolute atomic E-state index is 0.236. The van der Waals surface area contributed by atoms with Gasteiger partial charge in [0.05, 0.1) is 16.3 Å². The van der Waals surface area contributed by atoms with Crippen LogP contribution in [0.3, 0.4) is 0 Å². The van der Waals surface area contributed by atoms with Crippen molar-refractivity contribution < 1.29 is 4.39 Å². The molecule has 0 spiro atoms. The molecule has 5 heteroatoms. The Morgan fingerprint density at radius 2 is 1.48 bits per heavy atom. The van der Waals surface area contributed by atoms with Gasteiger partial charge in [0.2, 0.25) is 0 Å². The van der Waals surface area contributed by atoms with Gasteiger partial charge < -0.3 is 0 Å². The Balaban J connectivity index is 1.69. The summed E-state index contributed by atoms with van der Waals surface area (Å²) in [6.45, 7) is 4.09. The van der Waals surface area contributed by atoms with E-state index in [-0.39, 0.29) is 5.82 Å². The summed E-state index contributed by atoms with van der Waals surface area (Å²) in [7, 11) is 0. The van der Waals surface area contributed by atoms with Gasteiger partial charge >= 0.3 is 0 Å². The Bertz CT molecular complexity index is 1010. The summed E-state index contributed by atoms with van der Waals surface area (Å²) in [4.78, 5) is 10.5. The second-order valence-corrected chi connectivity index (χ2v) is 7.70. The van der Waals surface area contributed by atoms with Crippen molar-refractivity contribution in [2.24, 2.45) is 0 Å². The third-order valence-electron chi connectivity index (χ3n) is 3.93. The summed E-state index contributed by atoms with van der Waals surface area (Å²) in [5, 5.41) is 3.96. The maximum absolute atomic E-state index is 13.1. The standard InChI is InChI=1S/C20H15FN2S2/c1-12-3-5-15(6-4-12)19-22-13(2)18(25-19)20-23-17(11-24-20)14-7-9-16(21)10-8-14/h3-11H,1-2H3. The lowest BCUT2D eigenvalue weighted by atomic mass is 10.2. The number of hydrogen-bond donors (Lipinski definition) is 0. The topological polar surface area (TPSA) is 25.8 Å². The first-order valence-electron chi connectivity index (χ1n) is 7.86. The van der Waals surface area contributed by atoms with Crippen LogP contribution in [0.1, 0.15) is 11.3 Å². The Hall–Kier alpha value is -2.37. The van der Waals surface area contributed by atoms with Crippen molar-refractivity contribution in [3.05, 3.63) is 71.0 Å². The minimum Gasteiger partial charge on any atom is -0.241 e. The highest BCUT2D eigenvalue weighted by atomic mass is 32.1. The van der Waals surface area contributed by atoms with Crippen LogP contribution in [-0.2, 0) is 0 Å². The summed E-state index contributed by atoms with van der Waals surface area (Å²) in [5.41, 5.74) is 5.14. The highest BCUT2D eigenvalue weighted by Gasteiger charge is 2.15. The van der Waals surface area contributed by atoms with Gasteiger partial charge in [-0.2, -0.15) is 0 Å². The molecule has 0 saturated heterocycles. The molecule has 0 atom stereocenters. The van der Waals surface area contributed by atoms with E-state index in [9.17, 15) is 4.39 Å². The third kappa shape index (κ3) is 3.25. The fraction of sp³-hybridized carbons (Fsp3) is 0.100. The van der Waals surface area contributed by atoms with Gasteiger partial charge in [0.15, 0.2) is 0 Å². The van der Waals surface area contributed by atoms with Crippen molar-refractivity contribution in [3.63, 3.8) is 0 Å². The molecule has 2 aromatic carbocycles. The number of hydrogen-bond acceptors (Lipinski definition) is 4. The highest BCUT2D eigenvalue weighted by molar-refractivity contribution is 7.23. The van der Waals surface area contributed by atoms with Gasteiger partial charge in [-0.25, -0.2) is 14.4 Å². The Kier molecular flexibility index (Phi) is 4.19. The number of aromatic nitrogens is 2. The molecule has 0 amide bonds. The van der Waals surface area contributed by atoms with Gasteiger partial charge in [-0.15, -0.1) is 22.7 Å². The smallest absolute Gasteiger partial charge is 0.135 e. The van der Waals surface area contributed by atoms with Crippen LogP contribution in [0.2, 0.25) is 0 Å². The molecule has 0 fully saturated rings. The Morgan fingerprint density at radius 1 is 0.800 bits per heavy atom. The second kappa shape index (κ2) is 6.50. The molecule has 2 aromatic heterocycles. The molecule has 2 heterocycles. The molecule has 124 valence electrons. The van der Waals surface area contributed by atoms with Crippen molar-refractivity contribution in [1.82, 2.24) is 9.97 Å². The number of halogens is 1. The van der Waals surface area contributed by atoms with E-state index in [1.807, 2.05) is 12.3 Å². The van der Waals surface area contributed by atoms with E-state index < -0.39 is 0 Å². The predicted octanol–water partition coefficient (Wildman–Crippen LogP) is 6.36. The minimum atomic E-state index is -0.236. The number of thiazole rings is 2. The van der Waals surface area contributed by atoms with Gasteiger partial charge in [0, 0.05) is 16.5 Å². The first-order chi connectivity index (χ1) is 12.1. The molecular weight excluding hydrogens is 351 g/mol. The van der Waals surface area contributed by atoms with Crippen LogP contribution >= 0.6 is 22.7 Å². The monoisotopic (exact) mass is 366 g/mol. The number of nitrogens with zero attached hydrogens (tertiary/aromatic N) is 2. The number of rotatable bonds is 3. The van der Waals surface area contributed by atoms with Crippen LogP contribution in [0.25, 0.3) is 31.7 Å². The molecule has 0 aliphatic heterocycles. The van der Waals surface area contributed by atoms with Gasteiger partial charge in [0.25, 0.3) is 0 Å². The number of aryl methyl sites for hydroxylation is 2. The number of benzene rings is 2. The summed E-state index contributed by atoms with van der Waals surface area (Å²) in [6.07, 6.45) is 0. The van der Waals surface area contributed by atoms with Crippen molar-refractivity contribution >= 4 is 22.7 Å². The average Bonchev–Trinajstić information content (AvgIpc) is 3.23. The molecule has 0 saturated carbocycles. The SMILES string of the molecule is Cc1ccc(-c2nc(C)c(-c3nc(-c4ccc(F)cc4)cs3)s2)cc1. The highest BCUT2D eigenvalue weighted by Crippen LogP contribution is 2.38. The van der Waals surface area contributed by atoms with E-state index in [0.717, 1.165) is 37.4 Å². The van der Waals surface area contributed by atoms with Crippen molar-refractivity contribution in [2.45, 2.75) is 13.8 Å². The molecule has 0 N–H and O–H groups in total. The van der Waals surface area contributed by atoms with Crippen molar-refractivity contribution in [2.75, 3.05) is 0 Å². The molecule has 4 aromatic rings. The van der Waals surface area contributed by atoms with E-state index in [1.165, 1.54) is 17.7 Å². The molecule has 0 radical (unpaired) electrons. The molecule has 4 rings (SSSR count). The first kappa shape index (κ1) is 16.1. The normalized spacial score (nSPS) is 11.0. The Labute approximate surface area is 153 Å². The van der Waals surface area contributed by atoms with Crippen LogP contribution in [-0.4, -0.2) is 9.97 Å². The predicted molar refractivity (Wildman–Crippen MR) is 104 cm³/mol. The van der Waals surface area contributed by atoms with Crippen molar-refractivity contribution in [3.8, 4) is 31.7 Å². The molecule has 0 unspecified atom stereocenters. The lowest BCUT2D eigenvalue weighted by molar-refractivity contribution is 0.628. The second-order valence-electron chi connectivity index (χ2n) is 5.84. The molecular formula is C20H15FN2S2. The first-order valence-corrected chi connectivity index (χ1v) is 9.56. The van der Waals surface area contributed by atoms with E-state index in [4.69, 9.17) is 9.97 Å². The maximum atomic E-state index is 13.1. The largest absolute Gasteiger partial charge is 0.241 e. The van der Waals surface area contributed by atoms with Gasteiger partial charge in [-0.3, -0.25) is 0 Å². The van der Waals surface area contributed by atoms with Gasteiger partial charge in [0.1, 0.15) is 15.8 Å². The van der Waals surface area contributed by atoms with Crippen LogP contribution in [0.15, 0.2) is 53.9 Å². The van der Waals surface area contributed by atoms with Crippen LogP contribution in [0.5, 0.6) is 0 Å². The zero-order valence-corrected chi connectivity index (χ0v) is 15.4. The fourth-order valence-corrected chi connectivity index (χ4v) is 4.59. The van der Waals surface area contributed by atoms with Crippen LogP contribution in [0, 0.1) is 19.7 Å². The van der Waals surface area contributed by atoms with Gasteiger partial charge in [-0.1, -0.05) is 29.8 Å². The van der Waals surface area contributed by atoms with Crippen LogP contribution < -0.4 is 0 Å². The summed E-state index contributed by atoms with van der Waals surface area (Å²) >= 11 is 3.25. The van der Waals surface area contributed by atoms with E-state index in [1.54, 1.807) is 34.8 Å². The molecule has 0 aliphatic carbocycles. The molecule has 25 heavy (non-hydrogen) atoms. The maximum Gasteiger partial charge on any atom is 0.135 e. The van der Waals surface area contributed by atoms with Crippen molar-refractivity contribution in [1.29, 1.82) is 0 Å². The summed E-state index contributed by atoms with van der Waals surface area (Å²) < 4.78 is 13.1. The van der Waals surface area contributed by atoms with E-state index in [2.05, 4.69) is 31.2 Å². The lowest BCUT2D eigenvalue weighted by Crippen LogP contribution is -1.81. The van der Waals surface area contributed by atoms with E-state index >= 15 is 0 Å². The third-order valence-corrected chi connectivity index (χ3v) is 6.14.